The summed E-state index contributed by atoms with van der Waals surface area (Å²) in [6.45, 7) is 1.59. The van der Waals surface area contributed by atoms with E-state index in [0.717, 1.165) is 0 Å². The average Bonchev–Trinajstić information content (AvgIpc) is 2.48. The van der Waals surface area contributed by atoms with Crippen molar-refractivity contribution in [2.45, 2.75) is 6.92 Å². The number of nitrogens with zero attached hydrogens (tertiary/aromatic N) is 1. The van der Waals surface area contributed by atoms with E-state index >= 15 is 0 Å². The molecule has 0 aliphatic carbocycles. The van der Waals surface area contributed by atoms with E-state index in [1.807, 2.05) is 0 Å². The van der Waals surface area contributed by atoms with E-state index in [9.17, 15) is 19.7 Å². The molecule has 21 heavy (non-hydrogen) atoms. The first kappa shape index (κ1) is 14.4. The van der Waals surface area contributed by atoms with Gasteiger partial charge in [0.1, 0.15) is 12.0 Å². The van der Waals surface area contributed by atoms with Crippen LogP contribution in [0, 0.1) is 17.0 Å². The fourth-order valence-corrected chi connectivity index (χ4v) is 1.71. The minimum absolute atomic E-state index is 0.0896. The predicted octanol–water partition coefficient (Wildman–Crippen LogP) is 2.93. The Morgan fingerprint density at radius 2 is 1.86 bits per heavy atom. The molecule has 0 saturated heterocycles. The Kier molecular flexibility index (Phi) is 4.08. The molecular weight excluding hydrogens is 274 g/mol. The normalized spacial score (nSPS) is 9.95. The van der Waals surface area contributed by atoms with Crippen molar-refractivity contribution in [3.63, 3.8) is 0 Å². The Balaban J connectivity index is 2.21. The fraction of sp³-hybridized carbons (Fsp3) is 0.0667. The fourth-order valence-electron chi connectivity index (χ4n) is 1.71. The standard InChI is InChI=1S/C15H11NO5/c1-10-2-5-12(8-14(10)16(19)20)15(18)21-13-6-3-11(9-17)4-7-13/h2-9H,1H3. The van der Waals surface area contributed by atoms with Crippen molar-refractivity contribution >= 4 is 17.9 Å². The predicted molar refractivity (Wildman–Crippen MR) is 74.6 cm³/mol. The van der Waals surface area contributed by atoms with Crippen molar-refractivity contribution in [1.29, 1.82) is 0 Å². The van der Waals surface area contributed by atoms with Gasteiger partial charge >= 0.3 is 5.97 Å². The van der Waals surface area contributed by atoms with Crippen molar-refractivity contribution in [1.82, 2.24) is 0 Å². The van der Waals surface area contributed by atoms with Gasteiger partial charge in [0, 0.05) is 17.2 Å². The Bertz CT molecular complexity index is 707. The van der Waals surface area contributed by atoms with Crippen LogP contribution in [0.4, 0.5) is 5.69 Å². The maximum Gasteiger partial charge on any atom is 0.343 e. The molecule has 0 unspecified atom stereocenters. The average molecular weight is 285 g/mol. The van der Waals surface area contributed by atoms with Crippen molar-refractivity contribution in [2.75, 3.05) is 0 Å². The zero-order valence-electron chi connectivity index (χ0n) is 11.1. The number of nitro benzene ring substituents is 1. The molecule has 0 fully saturated rings. The Morgan fingerprint density at radius 1 is 1.19 bits per heavy atom. The number of esters is 1. The lowest BCUT2D eigenvalue weighted by Crippen LogP contribution is -2.09. The van der Waals surface area contributed by atoms with Gasteiger partial charge in [0.05, 0.1) is 10.5 Å². The van der Waals surface area contributed by atoms with Crippen LogP contribution < -0.4 is 4.74 Å². The van der Waals surface area contributed by atoms with Crippen LogP contribution in [0.5, 0.6) is 5.75 Å². The molecule has 0 saturated carbocycles. The summed E-state index contributed by atoms with van der Waals surface area (Å²) in [6, 6.07) is 10.1. The Morgan fingerprint density at radius 3 is 2.43 bits per heavy atom. The van der Waals surface area contributed by atoms with E-state index in [-0.39, 0.29) is 17.0 Å². The SMILES string of the molecule is Cc1ccc(C(=O)Oc2ccc(C=O)cc2)cc1[N+](=O)[O-]. The number of aryl methyl sites for hydroxylation is 1. The van der Waals surface area contributed by atoms with Gasteiger partial charge in [-0.2, -0.15) is 0 Å². The number of ether oxygens (including phenoxy) is 1. The second-order valence-electron chi connectivity index (χ2n) is 4.33. The molecule has 6 heteroatoms. The molecule has 2 rings (SSSR count). The first-order chi connectivity index (χ1) is 10.0. The second-order valence-corrected chi connectivity index (χ2v) is 4.33. The highest BCUT2D eigenvalue weighted by Crippen LogP contribution is 2.21. The summed E-state index contributed by atoms with van der Waals surface area (Å²) in [5, 5.41) is 10.8. The smallest absolute Gasteiger partial charge is 0.343 e. The molecular formula is C15H11NO5. The zero-order valence-corrected chi connectivity index (χ0v) is 11.1. The number of nitro groups is 1. The minimum atomic E-state index is -0.697. The van der Waals surface area contributed by atoms with Crippen LogP contribution in [0.25, 0.3) is 0 Å². The highest BCUT2D eigenvalue weighted by Gasteiger charge is 2.16. The maximum atomic E-state index is 11.9. The highest BCUT2D eigenvalue weighted by molar-refractivity contribution is 5.92. The molecule has 0 aliphatic rings. The van der Waals surface area contributed by atoms with Crippen LogP contribution in [-0.4, -0.2) is 17.2 Å². The summed E-state index contributed by atoms with van der Waals surface area (Å²) >= 11 is 0. The summed E-state index contributed by atoms with van der Waals surface area (Å²) in [5.74, 6) is -0.439. The lowest BCUT2D eigenvalue weighted by atomic mass is 10.1. The molecule has 0 aromatic heterocycles. The molecule has 0 aliphatic heterocycles. The first-order valence-electron chi connectivity index (χ1n) is 6.03. The Hall–Kier alpha value is -3.02. The summed E-state index contributed by atoms with van der Waals surface area (Å²) in [4.78, 5) is 32.8. The van der Waals surface area contributed by atoms with E-state index in [0.29, 0.717) is 17.4 Å². The van der Waals surface area contributed by atoms with E-state index in [1.54, 1.807) is 6.92 Å². The van der Waals surface area contributed by atoms with Gasteiger partial charge in [-0.1, -0.05) is 6.07 Å². The summed E-state index contributed by atoms with van der Waals surface area (Å²) < 4.78 is 5.10. The topological polar surface area (TPSA) is 86.5 Å². The van der Waals surface area contributed by atoms with Gasteiger partial charge in [-0.05, 0) is 37.3 Å². The lowest BCUT2D eigenvalue weighted by molar-refractivity contribution is -0.385. The zero-order chi connectivity index (χ0) is 15.4. The van der Waals surface area contributed by atoms with Crippen LogP contribution in [0.3, 0.4) is 0 Å². The largest absolute Gasteiger partial charge is 0.423 e. The lowest BCUT2D eigenvalue weighted by Gasteiger charge is -2.05. The van der Waals surface area contributed by atoms with Gasteiger partial charge in [-0.15, -0.1) is 0 Å². The van der Waals surface area contributed by atoms with E-state index < -0.39 is 10.9 Å². The van der Waals surface area contributed by atoms with Crippen molar-refractivity contribution < 1.29 is 19.2 Å². The molecule has 2 aromatic rings. The van der Waals surface area contributed by atoms with Crippen LogP contribution in [0.1, 0.15) is 26.3 Å². The van der Waals surface area contributed by atoms with Gasteiger partial charge in [-0.3, -0.25) is 14.9 Å². The number of hydrogen-bond donors (Lipinski definition) is 0. The summed E-state index contributed by atoms with van der Waals surface area (Å²) in [7, 11) is 0. The van der Waals surface area contributed by atoms with Crippen molar-refractivity contribution in [3.8, 4) is 5.75 Å². The van der Waals surface area contributed by atoms with Crippen molar-refractivity contribution in [2.24, 2.45) is 0 Å². The van der Waals surface area contributed by atoms with Crippen molar-refractivity contribution in [3.05, 3.63) is 69.3 Å². The minimum Gasteiger partial charge on any atom is -0.423 e. The van der Waals surface area contributed by atoms with Crippen LogP contribution in [0.2, 0.25) is 0 Å². The van der Waals surface area contributed by atoms with E-state index in [1.165, 1.54) is 42.5 Å². The van der Waals surface area contributed by atoms with Gasteiger partial charge < -0.3 is 4.74 Å². The van der Waals surface area contributed by atoms with Gasteiger partial charge in [0.2, 0.25) is 0 Å². The molecule has 2 aromatic carbocycles. The molecule has 0 bridgehead atoms. The first-order valence-corrected chi connectivity index (χ1v) is 6.03. The molecule has 0 radical (unpaired) electrons. The van der Waals surface area contributed by atoms with E-state index in [2.05, 4.69) is 0 Å². The van der Waals surface area contributed by atoms with Gasteiger partial charge in [0.25, 0.3) is 5.69 Å². The van der Waals surface area contributed by atoms with Crippen LogP contribution in [0.15, 0.2) is 42.5 Å². The molecule has 0 atom stereocenters. The third kappa shape index (κ3) is 3.30. The van der Waals surface area contributed by atoms with Gasteiger partial charge in [0.15, 0.2) is 0 Å². The summed E-state index contributed by atoms with van der Waals surface area (Å²) in [6.07, 6.45) is 0.676. The summed E-state index contributed by atoms with van der Waals surface area (Å²) in [5.41, 5.74) is 0.875. The van der Waals surface area contributed by atoms with Crippen LogP contribution >= 0.6 is 0 Å². The van der Waals surface area contributed by atoms with Crippen LogP contribution in [-0.2, 0) is 0 Å². The highest BCUT2D eigenvalue weighted by atomic mass is 16.6. The van der Waals surface area contributed by atoms with E-state index in [4.69, 9.17) is 4.74 Å². The molecule has 0 N–H and O–H groups in total. The number of aldehydes is 1. The number of carbonyl (C=O) groups excluding carboxylic acids is 2. The number of benzene rings is 2. The molecule has 0 spiro atoms. The number of carbonyl (C=O) groups is 2. The Labute approximate surface area is 120 Å². The third-order valence-electron chi connectivity index (χ3n) is 2.87. The molecule has 6 nitrogen and oxygen atoms in total. The monoisotopic (exact) mass is 285 g/mol. The molecule has 0 heterocycles. The second kappa shape index (κ2) is 5.96. The molecule has 106 valence electrons. The number of hydrogen-bond acceptors (Lipinski definition) is 5. The quantitative estimate of drug-likeness (QED) is 0.283. The maximum absolute atomic E-state index is 11.9. The third-order valence-corrected chi connectivity index (χ3v) is 2.87. The molecule has 0 amide bonds. The van der Waals surface area contributed by atoms with Gasteiger partial charge in [-0.25, -0.2) is 4.79 Å². The number of rotatable bonds is 4.